The Kier molecular flexibility index (Phi) is 2.93. The van der Waals surface area contributed by atoms with Crippen LogP contribution in [0.25, 0.3) is 0 Å². The maximum atomic E-state index is 11.8. The van der Waals surface area contributed by atoms with Gasteiger partial charge in [0.25, 0.3) is 0 Å². The fraction of sp³-hybridized carbons (Fsp3) is 0.800. The number of amides is 1. The van der Waals surface area contributed by atoms with Crippen LogP contribution in [0.4, 0.5) is 0 Å². The number of hydrogen-bond donors (Lipinski definition) is 2. The van der Waals surface area contributed by atoms with E-state index in [4.69, 9.17) is 22.7 Å². The van der Waals surface area contributed by atoms with Crippen LogP contribution in [0, 0.1) is 11.3 Å². The summed E-state index contributed by atoms with van der Waals surface area (Å²) >= 11 is 4.91. The predicted molar refractivity (Wildman–Crippen MR) is 60.4 cm³/mol. The first-order valence-corrected chi connectivity index (χ1v) is 5.72. The molecule has 0 spiro atoms. The number of ether oxygens (including phenoxy) is 1. The zero-order valence-electron chi connectivity index (χ0n) is 8.62. The second-order valence-corrected chi connectivity index (χ2v) is 4.83. The Labute approximate surface area is 94.5 Å². The van der Waals surface area contributed by atoms with Crippen LogP contribution < -0.4 is 11.1 Å². The van der Waals surface area contributed by atoms with Crippen molar-refractivity contribution < 1.29 is 9.53 Å². The molecule has 1 amide bonds. The van der Waals surface area contributed by atoms with E-state index >= 15 is 0 Å². The molecule has 15 heavy (non-hydrogen) atoms. The molecule has 1 saturated carbocycles. The van der Waals surface area contributed by atoms with Crippen molar-refractivity contribution in [2.24, 2.45) is 17.1 Å². The summed E-state index contributed by atoms with van der Waals surface area (Å²) in [6.45, 7) is 2.24. The molecule has 1 atom stereocenters. The van der Waals surface area contributed by atoms with Gasteiger partial charge in [-0.15, -0.1) is 0 Å². The van der Waals surface area contributed by atoms with Gasteiger partial charge in [-0.3, -0.25) is 4.79 Å². The summed E-state index contributed by atoms with van der Waals surface area (Å²) in [5.41, 5.74) is 5.04. The smallest absolute Gasteiger partial charge is 0.233 e. The molecule has 0 bridgehead atoms. The van der Waals surface area contributed by atoms with Gasteiger partial charge < -0.3 is 15.8 Å². The first kappa shape index (κ1) is 10.8. The van der Waals surface area contributed by atoms with Crippen molar-refractivity contribution in [2.75, 3.05) is 19.8 Å². The molecule has 1 aliphatic carbocycles. The lowest BCUT2D eigenvalue weighted by atomic mass is 10.1. The number of rotatable bonds is 4. The number of hydrogen-bond acceptors (Lipinski definition) is 3. The highest BCUT2D eigenvalue weighted by Crippen LogP contribution is 2.46. The Hall–Kier alpha value is -0.680. The van der Waals surface area contributed by atoms with Gasteiger partial charge in [-0.05, 0) is 19.3 Å². The van der Waals surface area contributed by atoms with Gasteiger partial charge in [-0.25, -0.2) is 0 Å². The largest absolute Gasteiger partial charge is 0.392 e. The van der Waals surface area contributed by atoms with Crippen LogP contribution in [0.15, 0.2) is 0 Å². The van der Waals surface area contributed by atoms with Gasteiger partial charge in [0.1, 0.15) is 0 Å². The minimum atomic E-state index is -0.519. The molecule has 3 N–H and O–H groups in total. The molecule has 0 aromatic rings. The summed E-state index contributed by atoms with van der Waals surface area (Å²) in [5, 5.41) is 2.92. The lowest BCUT2D eigenvalue weighted by Crippen LogP contribution is -2.41. The minimum absolute atomic E-state index is 0.00176. The molecule has 5 heteroatoms. The Morgan fingerprint density at radius 1 is 1.60 bits per heavy atom. The van der Waals surface area contributed by atoms with Gasteiger partial charge in [0.05, 0.1) is 17.0 Å². The molecular weight excluding hydrogens is 212 g/mol. The Morgan fingerprint density at radius 3 is 2.80 bits per heavy atom. The van der Waals surface area contributed by atoms with Crippen LogP contribution >= 0.6 is 12.2 Å². The number of nitrogens with one attached hydrogen (secondary N) is 1. The first-order chi connectivity index (χ1) is 7.15. The van der Waals surface area contributed by atoms with Crippen molar-refractivity contribution in [3.63, 3.8) is 0 Å². The molecule has 2 rings (SSSR count). The van der Waals surface area contributed by atoms with Crippen molar-refractivity contribution in [3.8, 4) is 0 Å². The molecule has 2 aliphatic rings. The average molecular weight is 228 g/mol. The van der Waals surface area contributed by atoms with Crippen molar-refractivity contribution in [1.82, 2.24) is 5.32 Å². The Morgan fingerprint density at radius 2 is 2.33 bits per heavy atom. The molecule has 1 unspecified atom stereocenters. The monoisotopic (exact) mass is 228 g/mol. The maximum absolute atomic E-state index is 11.8. The third-order valence-electron chi connectivity index (χ3n) is 3.23. The lowest BCUT2D eigenvalue weighted by Gasteiger charge is -2.15. The summed E-state index contributed by atoms with van der Waals surface area (Å²) in [6.07, 6.45) is 2.63. The SMILES string of the molecule is NC(=S)C1(C(=O)NCC2CCOC2)CC1. The third-order valence-corrected chi connectivity index (χ3v) is 3.62. The topological polar surface area (TPSA) is 64.4 Å². The van der Waals surface area contributed by atoms with E-state index in [9.17, 15) is 4.79 Å². The van der Waals surface area contributed by atoms with E-state index in [-0.39, 0.29) is 5.91 Å². The predicted octanol–water partition coefficient (Wildman–Crippen LogP) is 0.205. The quantitative estimate of drug-likeness (QED) is 0.675. The van der Waals surface area contributed by atoms with Crippen molar-refractivity contribution in [3.05, 3.63) is 0 Å². The van der Waals surface area contributed by atoms with Crippen LogP contribution in [-0.4, -0.2) is 30.7 Å². The summed E-state index contributed by atoms with van der Waals surface area (Å²) in [4.78, 5) is 12.1. The Balaban J connectivity index is 1.79. The zero-order valence-corrected chi connectivity index (χ0v) is 9.44. The second-order valence-electron chi connectivity index (χ2n) is 4.39. The number of carbonyl (C=O) groups excluding carboxylic acids is 1. The maximum Gasteiger partial charge on any atom is 0.233 e. The first-order valence-electron chi connectivity index (χ1n) is 5.31. The molecule has 1 aliphatic heterocycles. The molecule has 84 valence electrons. The van der Waals surface area contributed by atoms with Gasteiger partial charge in [0.2, 0.25) is 5.91 Å². The van der Waals surface area contributed by atoms with E-state index in [1.807, 2.05) is 0 Å². The lowest BCUT2D eigenvalue weighted by molar-refractivity contribution is -0.124. The summed E-state index contributed by atoms with van der Waals surface area (Å²) in [6, 6.07) is 0. The molecule has 1 saturated heterocycles. The van der Waals surface area contributed by atoms with Gasteiger partial charge in [0.15, 0.2) is 0 Å². The fourth-order valence-electron chi connectivity index (χ4n) is 1.86. The van der Waals surface area contributed by atoms with Crippen LogP contribution in [0.2, 0.25) is 0 Å². The number of carbonyl (C=O) groups is 1. The van der Waals surface area contributed by atoms with Crippen LogP contribution in [-0.2, 0) is 9.53 Å². The zero-order chi connectivity index (χ0) is 10.9. The third kappa shape index (κ3) is 2.13. The normalized spacial score (nSPS) is 27.3. The van der Waals surface area contributed by atoms with Gasteiger partial charge >= 0.3 is 0 Å². The van der Waals surface area contributed by atoms with E-state index < -0.39 is 5.41 Å². The van der Waals surface area contributed by atoms with Crippen molar-refractivity contribution in [1.29, 1.82) is 0 Å². The highest BCUT2D eigenvalue weighted by Gasteiger charge is 2.52. The highest BCUT2D eigenvalue weighted by molar-refractivity contribution is 7.80. The molecule has 0 aromatic carbocycles. The van der Waals surface area contributed by atoms with E-state index in [2.05, 4.69) is 5.32 Å². The van der Waals surface area contributed by atoms with Gasteiger partial charge in [-0.1, -0.05) is 12.2 Å². The van der Waals surface area contributed by atoms with E-state index in [0.717, 1.165) is 32.5 Å². The van der Waals surface area contributed by atoms with Gasteiger partial charge in [0, 0.05) is 19.1 Å². The van der Waals surface area contributed by atoms with Crippen LogP contribution in [0.1, 0.15) is 19.3 Å². The standard InChI is InChI=1S/C10H16N2O2S/c11-8(15)10(2-3-10)9(13)12-5-7-1-4-14-6-7/h7H,1-6H2,(H2,11,15)(H,12,13). The second kappa shape index (κ2) is 4.06. The van der Waals surface area contributed by atoms with E-state index in [1.165, 1.54) is 0 Å². The van der Waals surface area contributed by atoms with Crippen molar-refractivity contribution >= 4 is 23.1 Å². The van der Waals surface area contributed by atoms with Crippen LogP contribution in [0.5, 0.6) is 0 Å². The molecule has 1 heterocycles. The molecule has 0 aromatic heterocycles. The van der Waals surface area contributed by atoms with Crippen LogP contribution in [0.3, 0.4) is 0 Å². The average Bonchev–Trinajstić information content (AvgIpc) is 2.87. The number of nitrogens with two attached hydrogens (primary N) is 1. The summed E-state index contributed by atoms with van der Waals surface area (Å²) in [7, 11) is 0. The molecular formula is C10H16N2O2S. The summed E-state index contributed by atoms with van der Waals surface area (Å²) in [5.74, 6) is 0.456. The minimum Gasteiger partial charge on any atom is -0.392 e. The van der Waals surface area contributed by atoms with E-state index in [0.29, 0.717) is 17.5 Å². The van der Waals surface area contributed by atoms with Crippen molar-refractivity contribution in [2.45, 2.75) is 19.3 Å². The molecule has 4 nitrogen and oxygen atoms in total. The molecule has 0 radical (unpaired) electrons. The van der Waals surface area contributed by atoms with Gasteiger partial charge in [-0.2, -0.15) is 0 Å². The summed E-state index contributed by atoms with van der Waals surface area (Å²) < 4.78 is 5.24. The van der Waals surface area contributed by atoms with E-state index in [1.54, 1.807) is 0 Å². The highest BCUT2D eigenvalue weighted by atomic mass is 32.1. The molecule has 2 fully saturated rings. The fourth-order valence-corrected chi connectivity index (χ4v) is 2.16. The number of thiocarbonyl (C=S) groups is 1. The Bertz CT molecular complexity index is 283.